The van der Waals surface area contributed by atoms with Crippen LogP contribution in [0.2, 0.25) is 0 Å². The number of aliphatic hydroxyl groups excluding tert-OH is 1. The molecule has 3 aromatic carbocycles. The van der Waals surface area contributed by atoms with Crippen LogP contribution >= 0.6 is 0 Å². The molecule has 4 rings (SSSR count). The molecule has 0 aliphatic rings. The highest BCUT2D eigenvalue weighted by molar-refractivity contribution is 5.67. The third kappa shape index (κ3) is 4.92. The fourth-order valence-electron chi connectivity index (χ4n) is 3.37. The first-order valence-corrected chi connectivity index (χ1v) is 9.96. The van der Waals surface area contributed by atoms with Crippen LogP contribution in [0.5, 0.6) is 0 Å². The molecule has 0 saturated heterocycles. The van der Waals surface area contributed by atoms with Gasteiger partial charge in [-0.25, -0.2) is 5.06 Å². The summed E-state index contributed by atoms with van der Waals surface area (Å²) in [7, 11) is 0. The summed E-state index contributed by atoms with van der Waals surface area (Å²) in [5.41, 5.74) is 6.27. The average Bonchev–Trinajstić information content (AvgIpc) is 2.83. The van der Waals surface area contributed by atoms with Crippen molar-refractivity contribution in [1.82, 2.24) is 4.98 Å². The minimum atomic E-state index is 0.0280. The summed E-state index contributed by atoms with van der Waals surface area (Å²) in [5, 5.41) is 11.4. The molecule has 0 fully saturated rings. The minimum Gasteiger partial charge on any atom is -0.392 e. The number of aliphatic hydroxyl groups is 1. The van der Waals surface area contributed by atoms with Crippen LogP contribution in [0.15, 0.2) is 103 Å². The van der Waals surface area contributed by atoms with Crippen LogP contribution in [0.1, 0.15) is 16.7 Å². The zero-order valence-corrected chi connectivity index (χ0v) is 16.7. The number of hydrogen-bond donors (Lipinski definition) is 1. The molecule has 0 aliphatic heterocycles. The van der Waals surface area contributed by atoms with E-state index in [-0.39, 0.29) is 6.61 Å². The SMILES string of the molecule is OCc1cccc(-c2ccccc2CON(Cc2ccncc2)c2ccccc2)c1. The number of aromatic nitrogens is 1. The van der Waals surface area contributed by atoms with Gasteiger partial charge in [0.25, 0.3) is 0 Å². The Morgan fingerprint density at radius 3 is 2.33 bits per heavy atom. The predicted octanol–water partition coefficient (Wildman–Crippen LogP) is 5.38. The Labute approximate surface area is 177 Å². The number of rotatable bonds is 8. The van der Waals surface area contributed by atoms with E-state index in [0.29, 0.717) is 13.2 Å². The van der Waals surface area contributed by atoms with Crippen molar-refractivity contribution in [3.05, 3.63) is 120 Å². The first kappa shape index (κ1) is 19.8. The molecular formula is C26H24N2O2. The molecule has 4 heteroatoms. The Morgan fingerprint density at radius 1 is 0.767 bits per heavy atom. The van der Waals surface area contributed by atoms with Gasteiger partial charge >= 0.3 is 0 Å². The van der Waals surface area contributed by atoms with Gasteiger partial charge in [-0.1, -0.05) is 60.7 Å². The van der Waals surface area contributed by atoms with Crippen LogP contribution in [0.4, 0.5) is 5.69 Å². The van der Waals surface area contributed by atoms with Crippen molar-refractivity contribution < 1.29 is 9.94 Å². The molecule has 1 heterocycles. The van der Waals surface area contributed by atoms with Crippen LogP contribution in [0, 0.1) is 0 Å². The maximum Gasteiger partial charge on any atom is 0.101 e. The standard InChI is InChI=1S/C26H24N2O2/c29-19-22-7-6-9-23(17-22)26-12-5-4-8-24(26)20-30-28(25-10-2-1-3-11-25)18-21-13-15-27-16-14-21/h1-17,29H,18-20H2. The highest BCUT2D eigenvalue weighted by Crippen LogP contribution is 2.26. The Balaban J connectivity index is 1.58. The molecule has 0 spiro atoms. The first-order valence-electron chi connectivity index (χ1n) is 9.96. The number of hydroxylamine groups is 1. The number of benzene rings is 3. The molecule has 0 bridgehead atoms. The van der Waals surface area contributed by atoms with Gasteiger partial charge in [-0.05, 0) is 58.1 Å². The number of para-hydroxylation sites is 1. The molecule has 30 heavy (non-hydrogen) atoms. The van der Waals surface area contributed by atoms with Gasteiger partial charge in [0.2, 0.25) is 0 Å². The molecule has 0 unspecified atom stereocenters. The Morgan fingerprint density at radius 2 is 1.53 bits per heavy atom. The zero-order valence-electron chi connectivity index (χ0n) is 16.7. The number of anilines is 1. The number of pyridine rings is 1. The summed E-state index contributed by atoms with van der Waals surface area (Å²) in [6.45, 7) is 1.08. The van der Waals surface area contributed by atoms with Gasteiger partial charge in [0.05, 0.1) is 18.8 Å². The number of hydrogen-bond acceptors (Lipinski definition) is 4. The van der Waals surface area contributed by atoms with Crippen LogP contribution in [-0.4, -0.2) is 10.1 Å². The molecule has 150 valence electrons. The van der Waals surface area contributed by atoms with E-state index in [4.69, 9.17) is 4.84 Å². The van der Waals surface area contributed by atoms with E-state index < -0.39 is 0 Å². The summed E-state index contributed by atoms with van der Waals surface area (Å²) in [6, 6.07) is 30.3. The lowest BCUT2D eigenvalue weighted by Gasteiger charge is -2.25. The largest absolute Gasteiger partial charge is 0.392 e. The Hall–Kier alpha value is -3.47. The van der Waals surface area contributed by atoms with E-state index in [1.807, 2.05) is 77.9 Å². The topological polar surface area (TPSA) is 45.6 Å². The lowest BCUT2D eigenvalue weighted by Crippen LogP contribution is -2.23. The van der Waals surface area contributed by atoms with E-state index in [1.54, 1.807) is 12.4 Å². The van der Waals surface area contributed by atoms with Crippen LogP contribution < -0.4 is 5.06 Å². The van der Waals surface area contributed by atoms with Gasteiger partial charge in [-0.15, -0.1) is 0 Å². The van der Waals surface area contributed by atoms with E-state index in [0.717, 1.165) is 33.5 Å². The van der Waals surface area contributed by atoms with Crippen molar-refractivity contribution in [1.29, 1.82) is 0 Å². The molecule has 0 amide bonds. The van der Waals surface area contributed by atoms with Crippen molar-refractivity contribution in [2.24, 2.45) is 0 Å². The van der Waals surface area contributed by atoms with E-state index >= 15 is 0 Å². The zero-order chi connectivity index (χ0) is 20.6. The van der Waals surface area contributed by atoms with Gasteiger partial charge in [0, 0.05) is 12.4 Å². The fourth-order valence-corrected chi connectivity index (χ4v) is 3.37. The molecule has 0 saturated carbocycles. The molecule has 0 atom stereocenters. The van der Waals surface area contributed by atoms with Crippen LogP contribution in [0.25, 0.3) is 11.1 Å². The third-order valence-electron chi connectivity index (χ3n) is 4.93. The lowest BCUT2D eigenvalue weighted by atomic mass is 9.98. The summed E-state index contributed by atoms with van der Waals surface area (Å²) in [6.07, 6.45) is 3.59. The molecule has 1 N–H and O–H groups in total. The molecule has 4 nitrogen and oxygen atoms in total. The minimum absolute atomic E-state index is 0.0280. The van der Waals surface area contributed by atoms with Crippen molar-refractivity contribution >= 4 is 5.69 Å². The first-order chi connectivity index (χ1) is 14.8. The van der Waals surface area contributed by atoms with Crippen molar-refractivity contribution in [2.45, 2.75) is 19.8 Å². The fraction of sp³-hybridized carbons (Fsp3) is 0.115. The maximum absolute atomic E-state index is 9.48. The van der Waals surface area contributed by atoms with E-state index in [1.165, 1.54) is 0 Å². The lowest BCUT2D eigenvalue weighted by molar-refractivity contribution is 0.0911. The van der Waals surface area contributed by atoms with Gasteiger partial charge in [-0.3, -0.25) is 9.82 Å². The van der Waals surface area contributed by atoms with Gasteiger partial charge in [0.15, 0.2) is 0 Å². The summed E-state index contributed by atoms with van der Waals surface area (Å²) in [5.74, 6) is 0. The van der Waals surface area contributed by atoms with Crippen molar-refractivity contribution in [3.63, 3.8) is 0 Å². The summed E-state index contributed by atoms with van der Waals surface area (Å²) >= 11 is 0. The van der Waals surface area contributed by atoms with E-state index in [9.17, 15) is 5.11 Å². The smallest absolute Gasteiger partial charge is 0.101 e. The van der Waals surface area contributed by atoms with Gasteiger partial charge < -0.3 is 5.11 Å². The van der Waals surface area contributed by atoms with E-state index in [2.05, 4.69) is 23.2 Å². The molecule has 4 aromatic rings. The highest BCUT2D eigenvalue weighted by atomic mass is 16.7. The van der Waals surface area contributed by atoms with Gasteiger partial charge in [0.1, 0.15) is 6.61 Å². The second-order valence-electron chi connectivity index (χ2n) is 7.02. The Bertz CT molecular complexity index is 1070. The van der Waals surface area contributed by atoms with Crippen molar-refractivity contribution in [3.8, 4) is 11.1 Å². The summed E-state index contributed by atoms with van der Waals surface area (Å²) < 4.78 is 0. The third-order valence-corrected chi connectivity index (χ3v) is 4.93. The van der Waals surface area contributed by atoms with Crippen LogP contribution in [0.3, 0.4) is 0 Å². The average molecular weight is 396 g/mol. The summed E-state index contributed by atoms with van der Waals surface area (Å²) in [4.78, 5) is 10.4. The monoisotopic (exact) mass is 396 g/mol. The quantitative estimate of drug-likeness (QED) is 0.406. The second-order valence-corrected chi connectivity index (χ2v) is 7.02. The molecule has 0 radical (unpaired) electrons. The van der Waals surface area contributed by atoms with Crippen LogP contribution in [-0.2, 0) is 24.6 Å². The normalized spacial score (nSPS) is 10.7. The predicted molar refractivity (Wildman–Crippen MR) is 119 cm³/mol. The van der Waals surface area contributed by atoms with Crippen molar-refractivity contribution in [2.75, 3.05) is 5.06 Å². The highest BCUT2D eigenvalue weighted by Gasteiger charge is 2.11. The Kier molecular flexibility index (Phi) is 6.50. The molecule has 1 aromatic heterocycles. The second kappa shape index (κ2) is 9.83. The number of nitrogens with zero attached hydrogens (tertiary/aromatic N) is 2. The molecule has 0 aliphatic carbocycles. The maximum atomic E-state index is 9.48. The van der Waals surface area contributed by atoms with Gasteiger partial charge in [-0.2, -0.15) is 0 Å². The molecular weight excluding hydrogens is 372 g/mol.